The van der Waals surface area contributed by atoms with Crippen molar-refractivity contribution >= 4 is 89.2 Å². The van der Waals surface area contributed by atoms with E-state index in [2.05, 4.69) is 31.9 Å². The van der Waals surface area contributed by atoms with Gasteiger partial charge in [-0.1, -0.05) is 0 Å². The highest BCUT2D eigenvalue weighted by atomic mass is 16.7. The molecule has 3 fully saturated rings. The Morgan fingerprint density at radius 1 is 0.277 bits per heavy atom. The Labute approximate surface area is 688 Å². The summed E-state index contributed by atoms with van der Waals surface area (Å²) in [5.74, 6) is -9.32. The molecular formula is C73H119N7O39. The fraction of sp³-hybridized carbons (Fsp3) is 0.795. The van der Waals surface area contributed by atoms with Crippen molar-refractivity contribution in [3.63, 3.8) is 0 Å². The van der Waals surface area contributed by atoms with Crippen LogP contribution < -0.4 is 37.6 Å². The number of hydrogen-bond donors (Lipinski definition) is 7. The average Bonchev–Trinajstić information content (AvgIpc) is 0.798. The van der Waals surface area contributed by atoms with Crippen LogP contribution in [0.15, 0.2) is 0 Å². The Morgan fingerprint density at radius 2 is 0.496 bits per heavy atom. The van der Waals surface area contributed by atoms with Gasteiger partial charge in [0.25, 0.3) is 0 Å². The number of ether oxygens (including phenoxy) is 24. The van der Waals surface area contributed by atoms with E-state index >= 15 is 0 Å². The van der Waals surface area contributed by atoms with E-state index in [1.54, 1.807) is 0 Å². The summed E-state index contributed by atoms with van der Waals surface area (Å²) < 4.78 is 134. The second-order valence-electron chi connectivity index (χ2n) is 26.8. The molecule has 3 saturated heterocycles. The zero-order chi connectivity index (χ0) is 88.2. The van der Waals surface area contributed by atoms with Gasteiger partial charge >= 0.3 is 53.7 Å². The molecule has 46 nitrogen and oxygen atoms in total. The van der Waals surface area contributed by atoms with Crippen molar-refractivity contribution in [2.24, 2.45) is 5.73 Å². The number of nitrogens with two attached hydrogens (primary N) is 1. The molecule has 3 rings (SSSR count). The molecule has 0 saturated carbocycles. The van der Waals surface area contributed by atoms with Crippen molar-refractivity contribution in [3.8, 4) is 0 Å². The first-order valence-corrected chi connectivity index (χ1v) is 38.4. The van der Waals surface area contributed by atoms with Crippen molar-refractivity contribution in [3.05, 3.63) is 0 Å². The summed E-state index contributed by atoms with van der Waals surface area (Å²) in [6.07, 6.45) is -15.3. The molecule has 3 aliphatic heterocycles. The van der Waals surface area contributed by atoms with Crippen LogP contribution >= 0.6 is 0 Å². The van der Waals surface area contributed by atoms with Crippen LogP contribution in [0.3, 0.4) is 0 Å². The molecule has 46 heteroatoms. The maximum atomic E-state index is 12.8. The Hall–Kier alpha value is -8.59. The van der Waals surface area contributed by atoms with E-state index in [0.717, 1.165) is 62.3 Å². The van der Waals surface area contributed by atoms with E-state index in [4.69, 9.17) is 119 Å². The van der Waals surface area contributed by atoms with Gasteiger partial charge in [-0.3, -0.25) is 71.9 Å². The first-order valence-electron chi connectivity index (χ1n) is 38.4. The standard InChI is InChI=1S/C73H119N7O39/c1-43(81)78-61-67(114-52(10)90)64(111-49(7)87)55(37-108-46(4)84)117-70(61)105-34-31-99-28-25-96-22-16-75-58(93)13-19-102-40-73(74,41-103-20-14-59(94)76-17-23-97-26-29-100-32-35-106-71-62(79-44(2)82)68(115-53(11)91)65(112-50(8)88)56(118-71)38-109-47(5)85)42-104-21-15-60(95)77-18-24-98-27-30-101-33-36-107-72-63(80-45(3)83)69(116-54(12)92)66(113-51(9)89)57(119-72)39-110-48(6)86/h55-57,61-72H,13-42,74H2,1-12H3,(H,75,93)(H,76,94)(H,77,95)(H,78,81)(H,79,82)(H,80,83)/t55?,56?,57?,61-,62-,63-,64-,65-,66-,67?,68?,69?,70+,71+,72+,73?/m0/s1. The van der Waals surface area contributed by atoms with Crippen LogP contribution in [0, 0.1) is 0 Å². The predicted molar refractivity (Wildman–Crippen MR) is 397 cm³/mol. The van der Waals surface area contributed by atoms with Gasteiger partial charge in [-0.2, -0.15) is 0 Å². The van der Waals surface area contributed by atoms with Gasteiger partial charge < -0.3 is 151 Å². The number of hydrogen-bond acceptors (Lipinski definition) is 40. The molecule has 3 heterocycles. The van der Waals surface area contributed by atoms with E-state index < -0.39 is 189 Å². The lowest BCUT2D eigenvalue weighted by molar-refractivity contribution is -0.279. The number of carbonyl (C=O) groups is 15. The number of esters is 9. The van der Waals surface area contributed by atoms with Crippen molar-refractivity contribution < 1.29 is 186 Å². The number of carbonyl (C=O) groups excluding carboxylic acids is 15. The van der Waals surface area contributed by atoms with Gasteiger partial charge in [-0.15, -0.1) is 0 Å². The second-order valence-corrected chi connectivity index (χ2v) is 26.8. The molecule has 6 unspecified atom stereocenters. The Balaban J connectivity index is 1.46. The molecule has 8 N–H and O–H groups in total. The molecule has 15 atom stereocenters. The minimum absolute atomic E-state index is 0.0000758. The zero-order valence-corrected chi connectivity index (χ0v) is 69.4. The first kappa shape index (κ1) is 105. The van der Waals surface area contributed by atoms with Crippen molar-refractivity contribution in [1.82, 2.24) is 31.9 Å². The molecule has 0 radical (unpaired) electrons. The number of rotatable bonds is 60. The molecule has 6 amide bonds. The summed E-state index contributed by atoms with van der Waals surface area (Å²) in [6, 6.07) is -3.48. The van der Waals surface area contributed by atoms with Crippen molar-refractivity contribution in [1.29, 1.82) is 0 Å². The summed E-state index contributed by atoms with van der Waals surface area (Å²) in [6.45, 7) is 12.8. The van der Waals surface area contributed by atoms with Gasteiger partial charge in [0.15, 0.2) is 55.5 Å². The van der Waals surface area contributed by atoms with Crippen LogP contribution in [0.1, 0.15) is 102 Å². The Bertz CT molecular complexity index is 2840. The van der Waals surface area contributed by atoms with Crippen LogP contribution in [0.25, 0.3) is 0 Å². The quantitative estimate of drug-likeness (QED) is 0.0171. The lowest BCUT2D eigenvalue weighted by Gasteiger charge is -2.44. The van der Waals surface area contributed by atoms with E-state index in [0.29, 0.717) is 0 Å². The van der Waals surface area contributed by atoms with Gasteiger partial charge in [0.05, 0.1) is 144 Å². The van der Waals surface area contributed by atoms with Crippen LogP contribution in [-0.4, -0.2) is 365 Å². The normalized spacial score (nSPS) is 23.1. The molecule has 0 spiro atoms. The van der Waals surface area contributed by atoms with Crippen molar-refractivity contribution in [2.45, 2.75) is 200 Å². The highest BCUT2D eigenvalue weighted by Crippen LogP contribution is 2.31. The molecule has 0 aromatic heterocycles. The number of amides is 6. The topological polar surface area (TPSA) is 576 Å². The maximum absolute atomic E-state index is 12.8. The van der Waals surface area contributed by atoms with E-state index in [-0.39, 0.29) is 195 Å². The zero-order valence-electron chi connectivity index (χ0n) is 69.4. The SMILES string of the molecule is CC(=O)N[C@H]1C(OC(C)=O)[C@@H](OC(C)=O)C(COC(C)=O)O[C@H]1OCCOCCOCCNC(=O)CCOCC(N)(COCCC(=O)NCCOCCOCCO[C@@H]1OC(COC(C)=O)[C@H](OC(C)=O)C(OC(C)=O)[C@@H]1NC(C)=O)COCCC(=O)NCCOCCOCCO[C@@H]1OC(COC(C)=O)[C@H](OC(C)=O)C(OC(C)=O)[C@@H]1NC(C)=O. The molecule has 0 aromatic carbocycles. The lowest BCUT2D eigenvalue weighted by atomic mass is 9.96. The lowest BCUT2D eigenvalue weighted by Crippen LogP contribution is -2.66. The fourth-order valence-electron chi connectivity index (χ4n) is 11.4. The predicted octanol–water partition coefficient (Wildman–Crippen LogP) is -4.63. The molecule has 0 bridgehead atoms. The first-order chi connectivity index (χ1) is 56.6. The fourth-order valence-corrected chi connectivity index (χ4v) is 11.4. The molecule has 3 aliphatic rings. The third kappa shape index (κ3) is 46.1. The largest absolute Gasteiger partial charge is 0.463 e. The summed E-state index contributed by atoms with van der Waals surface area (Å²) in [7, 11) is 0. The summed E-state index contributed by atoms with van der Waals surface area (Å²) in [4.78, 5) is 183. The van der Waals surface area contributed by atoms with Gasteiger partial charge in [0, 0.05) is 122 Å². The van der Waals surface area contributed by atoms with Crippen molar-refractivity contribution in [2.75, 3.05) is 178 Å². The Morgan fingerprint density at radius 3 is 0.714 bits per heavy atom. The molecule has 119 heavy (non-hydrogen) atoms. The molecule has 0 aromatic rings. The Kier molecular flexibility index (Phi) is 52.0. The monoisotopic (exact) mass is 1720 g/mol. The third-order valence-corrected chi connectivity index (χ3v) is 16.2. The highest BCUT2D eigenvalue weighted by molar-refractivity contribution is 5.78. The smallest absolute Gasteiger partial charge is 0.303 e. The van der Waals surface area contributed by atoms with Gasteiger partial charge in [0.2, 0.25) is 35.4 Å². The second kappa shape index (κ2) is 59.2. The van der Waals surface area contributed by atoms with Crippen LogP contribution in [0.5, 0.6) is 0 Å². The minimum atomic E-state index is -1.34. The van der Waals surface area contributed by atoms with Crippen LogP contribution in [-0.2, 0) is 186 Å². The highest BCUT2D eigenvalue weighted by Gasteiger charge is 2.54. The van der Waals surface area contributed by atoms with Crippen LogP contribution in [0.4, 0.5) is 0 Å². The van der Waals surface area contributed by atoms with Gasteiger partial charge in [-0.25, -0.2) is 0 Å². The molecular weight excluding hydrogens is 1600 g/mol. The minimum Gasteiger partial charge on any atom is -0.463 e. The third-order valence-electron chi connectivity index (χ3n) is 16.2. The van der Waals surface area contributed by atoms with E-state index in [1.165, 1.54) is 20.8 Å². The number of nitrogens with one attached hydrogen (secondary N) is 6. The van der Waals surface area contributed by atoms with E-state index in [1.807, 2.05) is 0 Å². The van der Waals surface area contributed by atoms with Gasteiger partial charge in [0.1, 0.15) is 56.3 Å². The van der Waals surface area contributed by atoms with E-state index in [9.17, 15) is 71.9 Å². The van der Waals surface area contributed by atoms with Crippen LogP contribution in [0.2, 0.25) is 0 Å². The molecule has 680 valence electrons. The summed E-state index contributed by atoms with van der Waals surface area (Å²) >= 11 is 0. The maximum Gasteiger partial charge on any atom is 0.303 e. The summed E-state index contributed by atoms with van der Waals surface area (Å²) in [5.41, 5.74) is 5.39. The average molecular weight is 1720 g/mol. The molecule has 0 aliphatic carbocycles. The summed E-state index contributed by atoms with van der Waals surface area (Å²) in [5, 5.41) is 16.0. The van der Waals surface area contributed by atoms with Gasteiger partial charge in [-0.05, 0) is 0 Å².